The van der Waals surface area contributed by atoms with Gasteiger partial charge in [0.15, 0.2) is 0 Å². The number of thiazole rings is 1. The molecule has 0 saturated carbocycles. The van der Waals surface area contributed by atoms with Crippen LogP contribution in [0.5, 0.6) is 0 Å². The Morgan fingerprint density at radius 1 is 1.52 bits per heavy atom. The molecule has 124 valence electrons. The van der Waals surface area contributed by atoms with Crippen molar-refractivity contribution in [3.8, 4) is 0 Å². The van der Waals surface area contributed by atoms with Gasteiger partial charge in [0.25, 0.3) is 5.91 Å². The van der Waals surface area contributed by atoms with E-state index in [1.54, 1.807) is 11.3 Å². The predicted molar refractivity (Wildman–Crippen MR) is 90.5 cm³/mol. The van der Waals surface area contributed by atoms with Crippen LogP contribution in [-0.2, 0) is 13.0 Å². The Balaban J connectivity index is 1.78. The van der Waals surface area contributed by atoms with Gasteiger partial charge in [0.2, 0.25) is 0 Å². The summed E-state index contributed by atoms with van der Waals surface area (Å²) < 4.78 is 0. The molecule has 1 atom stereocenters. The Bertz CT molecular complexity index is 659. The minimum absolute atomic E-state index is 0.000602. The number of aryl methyl sites for hydroxylation is 2. The molecule has 0 aromatic carbocycles. The van der Waals surface area contributed by atoms with Crippen LogP contribution in [-0.4, -0.2) is 45.6 Å². The van der Waals surface area contributed by atoms with Gasteiger partial charge in [-0.15, -0.1) is 11.3 Å². The molecule has 1 amide bonds. The lowest BCUT2D eigenvalue weighted by atomic mass is 10.1. The Kier molecular flexibility index (Phi) is 5.07. The Morgan fingerprint density at radius 2 is 2.39 bits per heavy atom. The van der Waals surface area contributed by atoms with Crippen molar-refractivity contribution < 1.29 is 4.79 Å². The minimum Gasteiger partial charge on any atom is -0.332 e. The van der Waals surface area contributed by atoms with Gasteiger partial charge >= 0.3 is 0 Å². The van der Waals surface area contributed by atoms with Crippen molar-refractivity contribution in [3.63, 3.8) is 0 Å². The normalized spacial score (nSPS) is 17.6. The predicted octanol–water partition coefficient (Wildman–Crippen LogP) is 1.99. The zero-order valence-corrected chi connectivity index (χ0v) is 14.4. The van der Waals surface area contributed by atoms with Crippen molar-refractivity contribution in [1.82, 2.24) is 25.4 Å². The van der Waals surface area contributed by atoms with Gasteiger partial charge in [0.1, 0.15) is 5.69 Å². The zero-order chi connectivity index (χ0) is 16.2. The molecule has 0 spiro atoms. The number of nitrogens with zero attached hydrogens (tertiary/aromatic N) is 3. The molecule has 3 rings (SSSR count). The zero-order valence-electron chi connectivity index (χ0n) is 13.6. The molecule has 23 heavy (non-hydrogen) atoms. The maximum atomic E-state index is 12.9. The summed E-state index contributed by atoms with van der Waals surface area (Å²) in [7, 11) is 0. The average molecular weight is 333 g/mol. The molecule has 1 unspecified atom stereocenters. The van der Waals surface area contributed by atoms with E-state index in [0.29, 0.717) is 18.2 Å². The van der Waals surface area contributed by atoms with Gasteiger partial charge in [-0.1, -0.05) is 6.92 Å². The van der Waals surface area contributed by atoms with Crippen LogP contribution in [0, 0.1) is 12.8 Å². The highest BCUT2D eigenvalue weighted by molar-refractivity contribution is 7.09. The molecule has 7 heteroatoms. The molecule has 1 aliphatic heterocycles. The quantitative estimate of drug-likeness (QED) is 0.848. The average Bonchev–Trinajstić information content (AvgIpc) is 3.28. The lowest BCUT2D eigenvalue weighted by Gasteiger charge is -2.24. The standard InChI is InChI=1S/C16H23N5OS/c1-3-13-6-14(20-19-13)16(22)21(8-12-4-5-17-7-12)9-15-11(2)18-10-23-15/h6,10,12,17H,3-5,7-9H2,1-2H3,(H,19,20). The fourth-order valence-electron chi connectivity index (χ4n) is 2.87. The van der Waals surface area contributed by atoms with Crippen molar-refractivity contribution in [3.05, 3.63) is 33.5 Å². The molecule has 0 bridgehead atoms. The van der Waals surface area contributed by atoms with Gasteiger partial charge in [-0.25, -0.2) is 4.98 Å². The molecule has 0 radical (unpaired) electrons. The Labute approximate surface area is 140 Å². The van der Waals surface area contributed by atoms with Crippen LogP contribution >= 0.6 is 11.3 Å². The van der Waals surface area contributed by atoms with Gasteiger partial charge in [-0.05, 0) is 44.8 Å². The van der Waals surface area contributed by atoms with Crippen molar-refractivity contribution in [2.75, 3.05) is 19.6 Å². The summed E-state index contributed by atoms with van der Waals surface area (Å²) in [6, 6.07) is 1.86. The molecular weight excluding hydrogens is 310 g/mol. The van der Waals surface area contributed by atoms with Gasteiger partial charge in [-0.3, -0.25) is 9.89 Å². The van der Waals surface area contributed by atoms with E-state index < -0.39 is 0 Å². The smallest absolute Gasteiger partial charge is 0.274 e. The number of H-pyrrole nitrogens is 1. The Hall–Kier alpha value is -1.73. The van der Waals surface area contributed by atoms with Gasteiger partial charge in [-0.2, -0.15) is 5.10 Å². The van der Waals surface area contributed by atoms with Crippen molar-refractivity contribution in [2.24, 2.45) is 5.92 Å². The first-order valence-corrected chi connectivity index (χ1v) is 8.98. The number of aromatic amines is 1. The number of hydrogen-bond donors (Lipinski definition) is 2. The molecule has 3 heterocycles. The summed E-state index contributed by atoms with van der Waals surface area (Å²) in [6.07, 6.45) is 1.97. The van der Waals surface area contributed by atoms with Crippen LogP contribution in [0.15, 0.2) is 11.6 Å². The monoisotopic (exact) mass is 333 g/mol. The first-order chi connectivity index (χ1) is 11.2. The highest BCUT2D eigenvalue weighted by atomic mass is 32.1. The molecular formula is C16H23N5OS. The summed E-state index contributed by atoms with van der Waals surface area (Å²) in [5.74, 6) is 0.511. The van der Waals surface area contributed by atoms with E-state index in [1.165, 1.54) is 0 Å². The third-order valence-corrected chi connectivity index (χ3v) is 5.26. The molecule has 0 aliphatic carbocycles. The van der Waals surface area contributed by atoms with Crippen molar-refractivity contribution >= 4 is 17.2 Å². The van der Waals surface area contributed by atoms with E-state index >= 15 is 0 Å². The number of rotatable bonds is 6. The first kappa shape index (κ1) is 16.1. The SMILES string of the molecule is CCc1cc(C(=O)N(Cc2scnc2C)CC2CCNC2)n[nH]1. The van der Waals surface area contributed by atoms with Crippen molar-refractivity contribution in [1.29, 1.82) is 0 Å². The lowest BCUT2D eigenvalue weighted by Crippen LogP contribution is -2.35. The van der Waals surface area contributed by atoms with Crippen LogP contribution in [0.4, 0.5) is 0 Å². The van der Waals surface area contributed by atoms with E-state index in [1.807, 2.05) is 30.3 Å². The molecule has 2 N–H and O–H groups in total. The van der Waals surface area contributed by atoms with Gasteiger partial charge < -0.3 is 10.2 Å². The number of amides is 1. The summed E-state index contributed by atoms with van der Waals surface area (Å²) in [5, 5.41) is 10.5. The van der Waals surface area contributed by atoms with Crippen LogP contribution in [0.3, 0.4) is 0 Å². The maximum absolute atomic E-state index is 12.9. The highest BCUT2D eigenvalue weighted by Crippen LogP contribution is 2.19. The summed E-state index contributed by atoms with van der Waals surface area (Å²) in [4.78, 5) is 20.3. The van der Waals surface area contributed by atoms with Gasteiger partial charge in [0.05, 0.1) is 17.7 Å². The van der Waals surface area contributed by atoms with E-state index in [9.17, 15) is 4.79 Å². The molecule has 1 saturated heterocycles. The highest BCUT2D eigenvalue weighted by Gasteiger charge is 2.25. The van der Waals surface area contributed by atoms with E-state index in [0.717, 1.165) is 48.7 Å². The van der Waals surface area contributed by atoms with Crippen molar-refractivity contribution in [2.45, 2.75) is 33.2 Å². The fourth-order valence-corrected chi connectivity index (χ4v) is 3.66. The second-order valence-corrected chi connectivity index (χ2v) is 6.98. The number of hydrogen-bond acceptors (Lipinski definition) is 5. The molecule has 1 aliphatic rings. The largest absolute Gasteiger partial charge is 0.332 e. The second-order valence-electron chi connectivity index (χ2n) is 6.04. The number of nitrogens with one attached hydrogen (secondary N) is 2. The van der Waals surface area contributed by atoms with Gasteiger partial charge in [0, 0.05) is 17.1 Å². The topological polar surface area (TPSA) is 73.9 Å². The minimum atomic E-state index is 0.000602. The van der Waals surface area contributed by atoms with Crippen LogP contribution in [0.1, 0.15) is 40.1 Å². The van der Waals surface area contributed by atoms with E-state index in [2.05, 4.69) is 20.5 Å². The summed E-state index contributed by atoms with van der Waals surface area (Å²) in [6.45, 7) is 7.43. The van der Waals surface area contributed by atoms with Crippen LogP contribution in [0.2, 0.25) is 0 Å². The number of carbonyl (C=O) groups is 1. The summed E-state index contributed by atoms with van der Waals surface area (Å²) in [5.41, 5.74) is 4.35. The molecule has 2 aromatic heterocycles. The first-order valence-electron chi connectivity index (χ1n) is 8.10. The molecule has 6 nitrogen and oxygen atoms in total. The summed E-state index contributed by atoms with van der Waals surface area (Å²) >= 11 is 1.61. The molecule has 2 aromatic rings. The van der Waals surface area contributed by atoms with E-state index in [4.69, 9.17) is 0 Å². The van der Waals surface area contributed by atoms with Crippen LogP contribution in [0.25, 0.3) is 0 Å². The van der Waals surface area contributed by atoms with Crippen LogP contribution < -0.4 is 5.32 Å². The number of carbonyl (C=O) groups excluding carboxylic acids is 1. The second kappa shape index (κ2) is 7.23. The third-order valence-electron chi connectivity index (χ3n) is 4.34. The maximum Gasteiger partial charge on any atom is 0.274 e. The third kappa shape index (κ3) is 3.79. The molecule has 1 fully saturated rings. The fraction of sp³-hybridized carbons (Fsp3) is 0.562. The lowest BCUT2D eigenvalue weighted by molar-refractivity contribution is 0.0714. The Morgan fingerprint density at radius 3 is 3.00 bits per heavy atom. The van der Waals surface area contributed by atoms with E-state index in [-0.39, 0.29) is 5.91 Å². The number of aromatic nitrogens is 3.